The van der Waals surface area contributed by atoms with Crippen LogP contribution in [0.4, 0.5) is 0 Å². The summed E-state index contributed by atoms with van der Waals surface area (Å²) >= 11 is 0. The molecule has 86 valence electrons. The number of likely N-dealkylation sites (N-methyl/N-ethyl adjacent to an activating group) is 1. The number of aromatic nitrogens is 1. The van der Waals surface area contributed by atoms with Crippen molar-refractivity contribution in [3.05, 3.63) is 23.6 Å². The predicted molar refractivity (Wildman–Crippen MR) is 60.6 cm³/mol. The van der Waals surface area contributed by atoms with Gasteiger partial charge in [0.15, 0.2) is 5.76 Å². The third kappa shape index (κ3) is 2.14. The van der Waals surface area contributed by atoms with Crippen molar-refractivity contribution in [2.24, 2.45) is 5.16 Å². The molecule has 1 aliphatic heterocycles. The van der Waals surface area contributed by atoms with Crippen molar-refractivity contribution in [1.82, 2.24) is 10.1 Å². The first-order chi connectivity index (χ1) is 7.70. The normalized spacial score (nSPS) is 18.6. The van der Waals surface area contributed by atoms with Gasteiger partial charge in [0.1, 0.15) is 11.4 Å². The van der Waals surface area contributed by atoms with Gasteiger partial charge in [0, 0.05) is 19.2 Å². The van der Waals surface area contributed by atoms with Gasteiger partial charge >= 0.3 is 0 Å². The fourth-order valence-corrected chi connectivity index (χ4v) is 1.73. The minimum absolute atomic E-state index is 0.434. The van der Waals surface area contributed by atoms with Gasteiger partial charge in [-0.3, -0.25) is 0 Å². The topological polar surface area (TPSA) is 61.9 Å². The molecule has 2 heterocycles. The molecule has 2 rings (SSSR count). The molecule has 5 heteroatoms. The average molecular weight is 221 g/mol. The smallest absolute Gasteiger partial charge is 0.184 e. The summed E-state index contributed by atoms with van der Waals surface area (Å²) in [4.78, 5) is 2.23. The second kappa shape index (κ2) is 4.49. The molecule has 0 aliphatic carbocycles. The lowest BCUT2D eigenvalue weighted by Gasteiger charge is -2.21. The molecule has 1 N–H and O–H groups in total. The number of hydrogen-bond acceptors (Lipinski definition) is 5. The largest absolute Gasteiger partial charge is 0.411 e. The fourth-order valence-electron chi connectivity index (χ4n) is 1.73. The first-order valence-corrected chi connectivity index (χ1v) is 5.24. The summed E-state index contributed by atoms with van der Waals surface area (Å²) in [7, 11) is 2.08. The van der Waals surface area contributed by atoms with Gasteiger partial charge in [-0.25, -0.2) is 0 Å². The minimum Gasteiger partial charge on any atom is -0.411 e. The molecular weight excluding hydrogens is 206 g/mol. The van der Waals surface area contributed by atoms with Crippen LogP contribution in [-0.2, 0) is 0 Å². The number of rotatable bonds is 2. The second-order valence-corrected chi connectivity index (χ2v) is 4.02. The summed E-state index contributed by atoms with van der Waals surface area (Å²) in [6.07, 6.45) is 3.20. The van der Waals surface area contributed by atoms with Gasteiger partial charge < -0.3 is 14.6 Å². The molecule has 0 saturated carbocycles. The molecule has 0 aromatic carbocycles. The van der Waals surface area contributed by atoms with E-state index in [0.717, 1.165) is 30.8 Å². The van der Waals surface area contributed by atoms with Crippen molar-refractivity contribution in [3.8, 4) is 0 Å². The van der Waals surface area contributed by atoms with Crippen LogP contribution in [0.15, 0.2) is 21.8 Å². The Morgan fingerprint density at radius 2 is 2.44 bits per heavy atom. The minimum atomic E-state index is 0.434. The molecule has 16 heavy (non-hydrogen) atoms. The third-order valence-electron chi connectivity index (χ3n) is 2.69. The second-order valence-electron chi connectivity index (χ2n) is 4.02. The van der Waals surface area contributed by atoms with Gasteiger partial charge in [0.2, 0.25) is 0 Å². The van der Waals surface area contributed by atoms with E-state index in [1.807, 2.05) is 0 Å². The van der Waals surface area contributed by atoms with E-state index >= 15 is 0 Å². The monoisotopic (exact) mass is 221 g/mol. The highest BCUT2D eigenvalue weighted by Crippen LogP contribution is 2.20. The Bertz CT molecular complexity index is 434. The van der Waals surface area contributed by atoms with Crippen molar-refractivity contribution in [3.63, 3.8) is 0 Å². The van der Waals surface area contributed by atoms with Crippen molar-refractivity contribution in [2.75, 3.05) is 20.1 Å². The van der Waals surface area contributed by atoms with Gasteiger partial charge in [-0.2, -0.15) is 0 Å². The highest BCUT2D eigenvalue weighted by Gasteiger charge is 2.15. The summed E-state index contributed by atoms with van der Waals surface area (Å²) in [6.45, 7) is 3.62. The Morgan fingerprint density at radius 3 is 3.12 bits per heavy atom. The van der Waals surface area contributed by atoms with Crippen LogP contribution < -0.4 is 0 Å². The molecule has 0 spiro atoms. The lowest BCUT2D eigenvalue weighted by atomic mass is 10.1. The van der Waals surface area contributed by atoms with Gasteiger partial charge in [0.25, 0.3) is 0 Å². The van der Waals surface area contributed by atoms with Crippen LogP contribution in [-0.4, -0.2) is 41.1 Å². The quantitative estimate of drug-likeness (QED) is 0.468. The maximum atomic E-state index is 8.63. The van der Waals surface area contributed by atoms with Crippen molar-refractivity contribution < 1.29 is 9.73 Å². The predicted octanol–water partition coefficient (Wildman–Crippen LogP) is 1.59. The van der Waals surface area contributed by atoms with E-state index < -0.39 is 0 Å². The van der Waals surface area contributed by atoms with Crippen LogP contribution in [0.2, 0.25) is 0 Å². The van der Waals surface area contributed by atoms with E-state index in [1.165, 1.54) is 0 Å². The Hall–Kier alpha value is -1.62. The Balaban J connectivity index is 2.22. The van der Waals surface area contributed by atoms with Gasteiger partial charge in [-0.15, -0.1) is 0 Å². The number of oxime groups is 1. The average Bonchev–Trinajstić information content (AvgIpc) is 2.77. The lowest BCUT2D eigenvalue weighted by molar-refractivity contribution is 0.315. The Labute approximate surface area is 94.0 Å². The van der Waals surface area contributed by atoms with Crippen LogP contribution in [0, 0.1) is 0 Å². The number of nitrogens with zero attached hydrogens (tertiary/aromatic N) is 3. The van der Waals surface area contributed by atoms with Crippen LogP contribution in [0.3, 0.4) is 0 Å². The van der Waals surface area contributed by atoms with E-state index in [2.05, 4.69) is 28.3 Å². The molecule has 0 atom stereocenters. The maximum Gasteiger partial charge on any atom is 0.184 e. The zero-order valence-corrected chi connectivity index (χ0v) is 9.47. The number of hydrogen-bond donors (Lipinski definition) is 1. The van der Waals surface area contributed by atoms with E-state index in [0.29, 0.717) is 11.5 Å². The first-order valence-electron chi connectivity index (χ1n) is 5.24. The van der Waals surface area contributed by atoms with E-state index in [-0.39, 0.29) is 0 Å². The molecule has 0 fully saturated rings. The molecule has 0 amide bonds. The van der Waals surface area contributed by atoms with Gasteiger partial charge in [-0.05, 0) is 26.0 Å². The molecule has 0 saturated heterocycles. The third-order valence-corrected chi connectivity index (χ3v) is 2.69. The van der Waals surface area contributed by atoms with Crippen LogP contribution >= 0.6 is 0 Å². The van der Waals surface area contributed by atoms with E-state index in [1.54, 1.807) is 13.0 Å². The summed E-state index contributed by atoms with van der Waals surface area (Å²) in [5.74, 6) is 0.506. The standard InChI is InChI=1S/C11H15N3O2/c1-8(12-15)11-6-10(13-16-11)9-4-3-5-14(2)7-9/h4,6,15H,3,5,7H2,1-2H3. The first kappa shape index (κ1) is 10.9. The molecule has 1 aromatic heterocycles. The Kier molecular flexibility index (Phi) is 3.05. The molecule has 1 aliphatic rings. The molecule has 0 radical (unpaired) electrons. The maximum absolute atomic E-state index is 8.63. The van der Waals surface area contributed by atoms with E-state index in [4.69, 9.17) is 9.73 Å². The molecular formula is C11H15N3O2. The fraction of sp³-hybridized carbons (Fsp3) is 0.455. The van der Waals surface area contributed by atoms with Crippen LogP contribution in [0.1, 0.15) is 24.8 Å². The van der Waals surface area contributed by atoms with Crippen molar-refractivity contribution >= 4 is 11.3 Å². The van der Waals surface area contributed by atoms with Crippen molar-refractivity contribution in [1.29, 1.82) is 0 Å². The summed E-state index contributed by atoms with van der Waals surface area (Å²) < 4.78 is 5.11. The summed E-state index contributed by atoms with van der Waals surface area (Å²) in [5, 5.41) is 15.7. The molecule has 0 unspecified atom stereocenters. The van der Waals surface area contributed by atoms with Crippen molar-refractivity contribution in [2.45, 2.75) is 13.3 Å². The highest BCUT2D eigenvalue weighted by atomic mass is 16.5. The zero-order chi connectivity index (χ0) is 11.5. The summed E-state index contributed by atoms with van der Waals surface area (Å²) in [6, 6.07) is 1.81. The molecule has 0 bridgehead atoms. The van der Waals surface area contributed by atoms with Crippen LogP contribution in [0.25, 0.3) is 5.57 Å². The van der Waals surface area contributed by atoms with Gasteiger partial charge in [0.05, 0.1) is 0 Å². The molecule has 1 aromatic rings. The zero-order valence-electron chi connectivity index (χ0n) is 9.47. The lowest BCUT2D eigenvalue weighted by Crippen LogP contribution is -2.24. The Morgan fingerprint density at radius 1 is 1.62 bits per heavy atom. The molecule has 5 nitrogen and oxygen atoms in total. The van der Waals surface area contributed by atoms with E-state index in [9.17, 15) is 0 Å². The highest BCUT2D eigenvalue weighted by molar-refractivity contribution is 5.96. The SMILES string of the molecule is CC(=NO)c1cc(C2=CCCN(C)C2)no1. The van der Waals surface area contributed by atoms with Gasteiger partial charge in [-0.1, -0.05) is 16.4 Å². The summed E-state index contributed by atoms with van der Waals surface area (Å²) in [5.41, 5.74) is 2.42. The van der Waals surface area contributed by atoms with Crippen LogP contribution in [0.5, 0.6) is 0 Å².